The van der Waals surface area contributed by atoms with Gasteiger partial charge in [-0.1, -0.05) is 27.7 Å². The van der Waals surface area contributed by atoms with Crippen molar-refractivity contribution in [3.05, 3.63) is 0 Å². The van der Waals surface area contributed by atoms with Crippen LogP contribution >= 0.6 is 0 Å². The number of nitrogens with two attached hydrogens (primary N) is 1. The number of amides is 1. The topological polar surface area (TPSA) is 72.2 Å². The molecule has 0 fully saturated rings. The summed E-state index contributed by atoms with van der Waals surface area (Å²) in [6, 6.07) is -1.10. The zero-order valence-electron chi connectivity index (χ0n) is 9.96. The molecule has 87 valence electrons. The summed E-state index contributed by atoms with van der Waals surface area (Å²) in [5, 5.41) is 2.59. The van der Waals surface area contributed by atoms with Gasteiger partial charge < -0.3 is 11.1 Å². The molecular weight excluding hydrogens is 192 g/mol. The number of nitrogens with one attached hydrogen (secondary N) is 1. The van der Waals surface area contributed by atoms with Gasteiger partial charge in [0.1, 0.15) is 0 Å². The van der Waals surface area contributed by atoms with Gasteiger partial charge in [0.25, 0.3) is 0 Å². The van der Waals surface area contributed by atoms with E-state index in [4.69, 9.17) is 5.73 Å². The molecule has 0 unspecified atom stereocenters. The fourth-order valence-electron chi connectivity index (χ4n) is 1.20. The third-order valence-electron chi connectivity index (χ3n) is 2.05. The Morgan fingerprint density at radius 2 is 2.00 bits per heavy atom. The molecule has 0 saturated carbocycles. The van der Waals surface area contributed by atoms with Crippen molar-refractivity contribution < 1.29 is 9.59 Å². The Morgan fingerprint density at radius 1 is 1.47 bits per heavy atom. The Balaban J connectivity index is 4.22. The standard InChI is InChI=1S/C11H21N2O2/c1-5-9(12)10(15)13-8(7-14)6-11(2,3)4/h8-9H,5-6,12H2,1-4H3,(H,13,15)/t8-,9-/m0/s1. The lowest BCUT2D eigenvalue weighted by Gasteiger charge is -2.23. The Kier molecular flexibility index (Phi) is 5.50. The number of rotatable bonds is 5. The van der Waals surface area contributed by atoms with Crippen molar-refractivity contribution in [3.8, 4) is 0 Å². The van der Waals surface area contributed by atoms with Gasteiger partial charge in [0, 0.05) is 0 Å². The first-order valence-electron chi connectivity index (χ1n) is 5.23. The van der Waals surface area contributed by atoms with E-state index in [2.05, 4.69) is 5.32 Å². The first-order chi connectivity index (χ1) is 6.80. The predicted octanol–water partition coefficient (Wildman–Crippen LogP) is 0.754. The normalized spacial score (nSPS) is 15.5. The van der Waals surface area contributed by atoms with Crippen LogP contribution in [0.3, 0.4) is 0 Å². The number of hydrogen-bond donors (Lipinski definition) is 2. The molecule has 0 aromatic rings. The summed E-state index contributed by atoms with van der Waals surface area (Å²) in [7, 11) is 0. The summed E-state index contributed by atoms with van der Waals surface area (Å²) in [4.78, 5) is 22.1. The van der Waals surface area contributed by atoms with E-state index in [1.807, 2.05) is 34.0 Å². The van der Waals surface area contributed by atoms with Crippen LogP contribution in [0, 0.1) is 5.41 Å². The van der Waals surface area contributed by atoms with E-state index in [-0.39, 0.29) is 11.3 Å². The minimum atomic E-state index is -0.560. The highest BCUT2D eigenvalue weighted by Crippen LogP contribution is 2.19. The molecule has 0 rings (SSSR count). The van der Waals surface area contributed by atoms with Crippen molar-refractivity contribution in [1.82, 2.24) is 5.32 Å². The number of carbonyl (C=O) groups is 1. The van der Waals surface area contributed by atoms with Crippen LogP contribution in [0.2, 0.25) is 0 Å². The molecule has 0 aliphatic rings. The fourth-order valence-corrected chi connectivity index (χ4v) is 1.20. The Labute approximate surface area is 91.6 Å². The lowest BCUT2D eigenvalue weighted by molar-refractivity contribution is -0.122. The van der Waals surface area contributed by atoms with Gasteiger partial charge in [-0.3, -0.25) is 9.59 Å². The Hall–Kier alpha value is -0.900. The molecule has 0 bridgehead atoms. The van der Waals surface area contributed by atoms with Crippen LogP contribution in [-0.2, 0) is 9.59 Å². The maximum absolute atomic E-state index is 11.4. The highest BCUT2D eigenvalue weighted by molar-refractivity contribution is 5.84. The van der Waals surface area contributed by atoms with Gasteiger partial charge in [0.05, 0.1) is 12.1 Å². The Bertz CT molecular complexity index is 221. The molecule has 2 atom stereocenters. The molecular formula is C11H21N2O2. The van der Waals surface area contributed by atoms with Crippen LogP contribution in [0.4, 0.5) is 0 Å². The largest absolute Gasteiger partial charge is 0.344 e. The van der Waals surface area contributed by atoms with Crippen LogP contribution in [0.15, 0.2) is 0 Å². The van der Waals surface area contributed by atoms with Crippen LogP contribution < -0.4 is 11.1 Å². The van der Waals surface area contributed by atoms with Crippen LogP contribution in [0.1, 0.15) is 40.5 Å². The van der Waals surface area contributed by atoms with Crippen molar-refractivity contribution in [2.45, 2.75) is 52.6 Å². The highest BCUT2D eigenvalue weighted by Gasteiger charge is 2.22. The second-order valence-corrected chi connectivity index (χ2v) is 4.96. The van der Waals surface area contributed by atoms with E-state index in [9.17, 15) is 9.59 Å². The predicted molar refractivity (Wildman–Crippen MR) is 60.0 cm³/mol. The first kappa shape index (κ1) is 14.1. The third-order valence-corrected chi connectivity index (χ3v) is 2.05. The molecule has 0 heterocycles. The van der Waals surface area contributed by atoms with E-state index in [1.165, 1.54) is 0 Å². The van der Waals surface area contributed by atoms with Crippen LogP contribution in [-0.4, -0.2) is 24.3 Å². The maximum Gasteiger partial charge on any atom is 0.237 e. The molecule has 3 N–H and O–H groups in total. The molecule has 1 radical (unpaired) electrons. The first-order valence-corrected chi connectivity index (χ1v) is 5.23. The smallest absolute Gasteiger partial charge is 0.237 e. The lowest BCUT2D eigenvalue weighted by Crippen LogP contribution is -2.46. The SMILES string of the molecule is CC[C@H](N)C(=O)N[C@H]([C]=O)CC(C)(C)C. The van der Waals surface area contributed by atoms with Crippen molar-refractivity contribution >= 4 is 12.2 Å². The van der Waals surface area contributed by atoms with E-state index in [0.29, 0.717) is 12.8 Å². The molecule has 0 aliphatic heterocycles. The monoisotopic (exact) mass is 213 g/mol. The number of hydrogen-bond acceptors (Lipinski definition) is 3. The average molecular weight is 213 g/mol. The van der Waals surface area contributed by atoms with Gasteiger partial charge in [-0.25, -0.2) is 0 Å². The molecule has 0 aromatic carbocycles. The van der Waals surface area contributed by atoms with Crippen LogP contribution in [0.25, 0.3) is 0 Å². The van der Waals surface area contributed by atoms with E-state index < -0.39 is 12.1 Å². The quantitative estimate of drug-likeness (QED) is 0.708. The molecule has 4 heteroatoms. The van der Waals surface area contributed by atoms with E-state index in [0.717, 1.165) is 0 Å². The Morgan fingerprint density at radius 3 is 2.33 bits per heavy atom. The van der Waals surface area contributed by atoms with E-state index >= 15 is 0 Å². The molecule has 0 saturated heterocycles. The molecule has 1 amide bonds. The van der Waals surface area contributed by atoms with Gasteiger partial charge in [-0.05, 0) is 18.3 Å². The van der Waals surface area contributed by atoms with Gasteiger partial charge in [0.15, 0.2) is 0 Å². The highest BCUT2D eigenvalue weighted by atomic mass is 16.2. The second-order valence-electron chi connectivity index (χ2n) is 4.96. The van der Waals surface area contributed by atoms with Crippen molar-refractivity contribution in [2.75, 3.05) is 0 Å². The fraction of sp³-hybridized carbons (Fsp3) is 0.818. The second kappa shape index (κ2) is 5.85. The molecule has 0 aliphatic carbocycles. The summed E-state index contributed by atoms with van der Waals surface area (Å²) >= 11 is 0. The van der Waals surface area contributed by atoms with Gasteiger partial charge in [-0.15, -0.1) is 0 Å². The van der Waals surface area contributed by atoms with Gasteiger partial charge >= 0.3 is 0 Å². The summed E-state index contributed by atoms with van der Waals surface area (Å²) in [5.41, 5.74) is 5.52. The zero-order valence-corrected chi connectivity index (χ0v) is 9.96. The zero-order chi connectivity index (χ0) is 12.1. The minimum Gasteiger partial charge on any atom is -0.344 e. The minimum absolute atomic E-state index is 0.0222. The molecule has 0 aromatic heterocycles. The van der Waals surface area contributed by atoms with Gasteiger partial charge in [-0.2, -0.15) is 0 Å². The molecule has 4 nitrogen and oxygen atoms in total. The summed E-state index contributed by atoms with van der Waals surface area (Å²) in [5.74, 6) is -0.282. The van der Waals surface area contributed by atoms with E-state index in [1.54, 1.807) is 0 Å². The summed E-state index contributed by atoms with van der Waals surface area (Å²) in [6.07, 6.45) is 2.96. The summed E-state index contributed by atoms with van der Waals surface area (Å²) in [6.45, 7) is 7.84. The van der Waals surface area contributed by atoms with Gasteiger partial charge in [0.2, 0.25) is 12.2 Å². The average Bonchev–Trinajstić information content (AvgIpc) is 2.13. The van der Waals surface area contributed by atoms with Crippen LogP contribution in [0.5, 0.6) is 0 Å². The number of carbonyl (C=O) groups excluding carboxylic acids is 2. The van der Waals surface area contributed by atoms with Crippen molar-refractivity contribution in [3.63, 3.8) is 0 Å². The van der Waals surface area contributed by atoms with Crippen molar-refractivity contribution in [2.24, 2.45) is 11.1 Å². The molecule has 0 spiro atoms. The lowest BCUT2D eigenvalue weighted by atomic mass is 9.88. The van der Waals surface area contributed by atoms with Crippen molar-refractivity contribution in [1.29, 1.82) is 0 Å². The molecule has 15 heavy (non-hydrogen) atoms. The maximum atomic E-state index is 11.4. The summed E-state index contributed by atoms with van der Waals surface area (Å²) < 4.78 is 0. The third kappa shape index (κ3) is 6.23.